The van der Waals surface area contributed by atoms with Crippen LogP contribution < -0.4 is 5.43 Å². The fourth-order valence-electron chi connectivity index (χ4n) is 3.89. The van der Waals surface area contributed by atoms with Crippen LogP contribution in [0.25, 0.3) is 17.0 Å². The summed E-state index contributed by atoms with van der Waals surface area (Å²) in [5.74, 6) is 0.0972. The van der Waals surface area contributed by atoms with Crippen molar-refractivity contribution in [3.8, 4) is 0 Å². The van der Waals surface area contributed by atoms with Crippen LogP contribution in [0.2, 0.25) is 0 Å². The molecule has 0 radical (unpaired) electrons. The number of carbonyl (C=O) groups excluding carboxylic acids is 1. The van der Waals surface area contributed by atoms with Crippen molar-refractivity contribution in [3.63, 3.8) is 0 Å². The van der Waals surface area contributed by atoms with Crippen molar-refractivity contribution in [1.29, 1.82) is 0 Å². The third-order valence-corrected chi connectivity index (χ3v) is 5.64. The van der Waals surface area contributed by atoms with Gasteiger partial charge in [-0.1, -0.05) is 54.1 Å². The lowest BCUT2D eigenvalue weighted by Gasteiger charge is -2.34. The Balaban J connectivity index is 1.34. The number of hydrogen-bond donors (Lipinski definition) is 0. The van der Waals surface area contributed by atoms with Gasteiger partial charge in [0.2, 0.25) is 5.91 Å². The maximum Gasteiger partial charge on any atom is 0.242 e. The van der Waals surface area contributed by atoms with Crippen LogP contribution in [0, 0.1) is 6.92 Å². The molecule has 1 amide bonds. The minimum absolute atomic E-state index is 0.00503. The van der Waals surface area contributed by atoms with Gasteiger partial charge in [0.1, 0.15) is 6.54 Å². The van der Waals surface area contributed by atoms with Crippen molar-refractivity contribution in [2.24, 2.45) is 0 Å². The summed E-state index contributed by atoms with van der Waals surface area (Å²) in [4.78, 5) is 29.3. The normalized spacial score (nSPS) is 15.2. The molecule has 0 atom stereocenters. The lowest BCUT2D eigenvalue weighted by Crippen LogP contribution is -2.49. The van der Waals surface area contributed by atoms with Gasteiger partial charge >= 0.3 is 0 Å². The quantitative estimate of drug-likeness (QED) is 0.660. The number of hydrogen-bond acceptors (Lipinski definition) is 3. The van der Waals surface area contributed by atoms with Gasteiger partial charge in [-0.15, -0.1) is 0 Å². The van der Waals surface area contributed by atoms with E-state index in [2.05, 4.69) is 29.2 Å². The average molecular weight is 402 g/mol. The third kappa shape index (κ3) is 4.69. The van der Waals surface area contributed by atoms with Gasteiger partial charge in [-0.05, 0) is 24.6 Å². The maximum absolute atomic E-state index is 12.9. The number of nitrogens with zero attached hydrogens (tertiary/aromatic N) is 3. The Morgan fingerprint density at radius 1 is 1.00 bits per heavy atom. The lowest BCUT2D eigenvalue weighted by molar-refractivity contribution is -0.133. The fourth-order valence-corrected chi connectivity index (χ4v) is 3.89. The summed E-state index contributed by atoms with van der Waals surface area (Å²) < 4.78 is 1.88. The van der Waals surface area contributed by atoms with Gasteiger partial charge in [0.25, 0.3) is 0 Å². The fraction of sp³-hybridized carbons (Fsp3) is 0.280. The summed E-state index contributed by atoms with van der Waals surface area (Å²) in [6.45, 7) is 6.32. The van der Waals surface area contributed by atoms with Gasteiger partial charge in [-0.2, -0.15) is 0 Å². The first-order valence-corrected chi connectivity index (χ1v) is 10.4. The van der Waals surface area contributed by atoms with E-state index in [4.69, 9.17) is 0 Å². The number of amides is 1. The molecule has 1 fully saturated rings. The van der Waals surface area contributed by atoms with Gasteiger partial charge in [0, 0.05) is 50.4 Å². The molecule has 4 rings (SSSR count). The van der Waals surface area contributed by atoms with Crippen LogP contribution >= 0.6 is 0 Å². The number of carbonyl (C=O) groups is 1. The number of aromatic nitrogens is 1. The van der Waals surface area contributed by atoms with E-state index in [-0.39, 0.29) is 17.9 Å². The number of pyridine rings is 1. The molecule has 1 saturated heterocycles. The monoisotopic (exact) mass is 401 g/mol. The van der Waals surface area contributed by atoms with Gasteiger partial charge in [-0.25, -0.2) is 0 Å². The summed E-state index contributed by atoms with van der Waals surface area (Å²) >= 11 is 0. The number of piperazine rings is 1. The summed E-state index contributed by atoms with van der Waals surface area (Å²) in [7, 11) is 0. The van der Waals surface area contributed by atoms with Crippen molar-refractivity contribution in [2.75, 3.05) is 32.7 Å². The van der Waals surface area contributed by atoms with Crippen LogP contribution in [0.1, 0.15) is 11.1 Å². The summed E-state index contributed by atoms with van der Waals surface area (Å²) in [5.41, 5.74) is 3.05. The predicted molar refractivity (Wildman–Crippen MR) is 121 cm³/mol. The van der Waals surface area contributed by atoms with E-state index in [0.29, 0.717) is 5.39 Å². The first kappa shape index (κ1) is 20.1. The van der Waals surface area contributed by atoms with E-state index in [1.807, 2.05) is 52.8 Å². The second kappa shape index (κ2) is 9.09. The molecule has 1 aliphatic heterocycles. The van der Waals surface area contributed by atoms with Crippen LogP contribution in [0.4, 0.5) is 0 Å². The molecule has 2 aromatic carbocycles. The predicted octanol–water partition coefficient (Wildman–Crippen LogP) is 3.17. The van der Waals surface area contributed by atoms with E-state index in [0.717, 1.165) is 43.8 Å². The Kier molecular flexibility index (Phi) is 6.10. The first-order valence-electron chi connectivity index (χ1n) is 10.4. The van der Waals surface area contributed by atoms with Gasteiger partial charge in [-0.3, -0.25) is 14.5 Å². The second-order valence-electron chi connectivity index (χ2n) is 7.82. The Morgan fingerprint density at radius 2 is 1.77 bits per heavy atom. The molecule has 2 heterocycles. The van der Waals surface area contributed by atoms with Gasteiger partial charge in [0.05, 0.1) is 5.52 Å². The minimum atomic E-state index is -0.00503. The molecular formula is C25H27N3O2. The molecule has 154 valence electrons. The Bertz CT molecular complexity index is 1110. The van der Waals surface area contributed by atoms with Gasteiger partial charge in [0.15, 0.2) is 5.43 Å². The highest BCUT2D eigenvalue weighted by molar-refractivity contribution is 5.82. The average Bonchev–Trinajstić information content (AvgIpc) is 2.77. The summed E-state index contributed by atoms with van der Waals surface area (Å²) in [5, 5.41) is 0.667. The molecule has 1 aromatic heterocycles. The highest BCUT2D eigenvalue weighted by atomic mass is 16.2. The summed E-state index contributed by atoms with van der Waals surface area (Å²) in [6.07, 6.45) is 6.05. The zero-order chi connectivity index (χ0) is 20.9. The molecule has 1 aliphatic rings. The van der Waals surface area contributed by atoms with Crippen LogP contribution in [0.15, 0.2) is 71.7 Å². The van der Waals surface area contributed by atoms with Crippen molar-refractivity contribution in [1.82, 2.24) is 14.4 Å². The molecule has 5 heteroatoms. The molecule has 30 heavy (non-hydrogen) atoms. The van der Waals surface area contributed by atoms with Crippen LogP contribution in [0.5, 0.6) is 0 Å². The SMILES string of the molecule is Cc1ccc2c(c1)c(=O)ccn2CC(=O)N1CCN(C/C=C/c2ccccc2)CC1. The molecule has 3 aromatic rings. The van der Waals surface area contributed by atoms with Crippen LogP contribution in [-0.4, -0.2) is 53.0 Å². The van der Waals surface area contributed by atoms with Crippen molar-refractivity contribution in [2.45, 2.75) is 13.5 Å². The Morgan fingerprint density at radius 3 is 2.53 bits per heavy atom. The van der Waals surface area contributed by atoms with Crippen LogP contribution in [0.3, 0.4) is 0 Å². The molecule has 0 saturated carbocycles. The number of aryl methyl sites for hydroxylation is 1. The summed E-state index contributed by atoms with van der Waals surface area (Å²) in [6, 6.07) is 17.6. The van der Waals surface area contributed by atoms with E-state index in [9.17, 15) is 9.59 Å². The maximum atomic E-state index is 12.9. The number of benzene rings is 2. The first-order chi connectivity index (χ1) is 14.6. The van der Waals surface area contributed by atoms with Gasteiger partial charge < -0.3 is 9.47 Å². The number of fused-ring (bicyclic) bond motifs is 1. The highest BCUT2D eigenvalue weighted by Crippen LogP contribution is 2.13. The van der Waals surface area contributed by atoms with E-state index in [1.54, 1.807) is 12.3 Å². The zero-order valence-corrected chi connectivity index (χ0v) is 17.3. The Hall–Kier alpha value is -3.18. The largest absolute Gasteiger partial charge is 0.339 e. The Labute approximate surface area is 176 Å². The lowest BCUT2D eigenvalue weighted by atomic mass is 10.1. The zero-order valence-electron chi connectivity index (χ0n) is 17.3. The highest BCUT2D eigenvalue weighted by Gasteiger charge is 2.20. The van der Waals surface area contributed by atoms with E-state index < -0.39 is 0 Å². The molecule has 0 N–H and O–H groups in total. The third-order valence-electron chi connectivity index (χ3n) is 5.64. The van der Waals surface area contributed by atoms with E-state index >= 15 is 0 Å². The van der Waals surface area contributed by atoms with Crippen molar-refractivity contribution >= 4 is 22.9 Å². The van der Waals surface area contributed by atoms with E-state index in [1.165, 1.54) is 5.56 Å². The molecule has 0 bridgehead atoms. The van der Waals surface area contributed by atoms with Crippen LogP contribution in [-0.2, 0) is 11.3 Å². The molecule has 0 unspecified atom stereocenters. The molecule has 5 nitrogen and oxygen atoms in total. The van der Waals surface area contributed by atoms with Crippen molar-refractivity contribution in [3.05, 3.63) is 88.2 Å². The second-order valence-corrected chi connectivity index (χ2v) is 7.82. The minimum Gasteiger partial charge on any atom is -0.339 e. The topological polar surface area (TPSA) is 45.6 Å². The molecule has 0 spiro atoms. The smallest absolute Gasteiger partial charge is 0.242 e. The number of rotatable bonds is 5. The van der Waals surface area contributed by atoms with Crippen molar-refractivity contribution < 1.29 is 4.79 Å². The molecule has 0 aliphatic carbocycles. The standard InChI is InChI=1S/C25H27N3O2/c1-20-9-10-23-22(18-20)24(29)11-13-28(23)19-25(30)27-16-14-26(15-17-27)12-5-8-21-6-3-2-4-7-21/h2-11,13,18H,12,14-17,19H2,1H3/b8-5+. The molecular weight excluding hydrogens is 374 g/mol.